The van der Waals surface area contributed by atoms with Crippen molar-refractivity contribution < 1.29 is 4.57 Å². The first-order valence-corrected chi connectivity index (χ1v) is 6.85. The average Bonchev–Trinajstić information content (AvgIpc) is 2.17. The Kier molecular flexibility index (Phi) is 4.56. The molecule has 4 atom stereocenters. The maximum absolute atomic E-state index is 11.8. The fourth-order valence-corrected chi connectivity index (χ4v) is 4.08. The lowest BCUT2D eigenvalue weighted by Gasteiger charge is -2.30. The Morgan fingerprint density at radius 3 is 2.67 bits per heavy atom. The highest BCUT2D eigenvalue weighted by molar-refractivity contribution is 7.43. The van der Waals surface area contributed by atoms with E-state index >= 15 is 0 Å². The van der Waals surface area contributed by atoms with Crippen LogP contribution in [-0.4, -0.2) is 5.66 Å². The second-order valence-corrected chi connectivity index (χ2v) is 6.32. The molecule has 4 unspecified atom stereocenters. The van der Waals surface area contributed by atoms with E-state index in [4.69, 9.17) is 5.53 Å². The fraction of sp³-hybridized carbons (Fsp3) is 1.00. The van der Waals surface area contributed by atoms with Gasteiger partial charge in [-0.15, -0.1) is 0 Å². The van der Waals surface area contributed by atoms with Gasteiger partial charge in [-0.2, -0.15) is 0 Å². The Balaban J connectivity index is 2.78. The van der Waals surface area contributed by atoms with Gasteiger partial charge in [0.05, 0.1) is 0 Å². The van der Waals surface area contributed by atoms with Crippen LogP contribution >= 0.6 is 7.95 Å². The van der Waals surface area contributed by atoms with Crippen LogP contribution in [0.15, 0.2) is 4.88 Å². The van der Waals surface area contributed by atoms with Crippen molar-refractivity contribution in [1.29, 1.82) is 0 Å². The smallest absolute Gasteiger partial charge is 0.0623 e. The van der Waals surface area contributed by atoms with Gasteiger partial charge in [0.15, 0.2) is 10.5 Å². The molecule has 0 saturated heterocycles. The van der Waals surface area contributed by atoms with Crippen molar-refractivity contribution in [3.05, 3.63) is 10.4 Å². The van der Waals surface area contributed by atoms with Crippen molar-refractivity contribution in [2.75, 3.05) is 0 Å². The lowest BCUT2D eigenvalue weighted by molar-refractivity contribution is 0.238. The molecule has 15 heavy (non-hydrogen) atoms. The molecule has 4 nitrogen and oxygen atoms in total. The van der Waals surface area contributed by atoms with Gasteiger partial charge < -0.3 is 0 Å². The van der Waals surface area contributed by atoms with Crippen LogP contribution < -0.4 is 0 Å². The van der Waals surface area contributed by atoms with Gasteiger partial charge in [-0.3, -0.25) is 0 Å². The number of hydrogen-bond acceptors (Lipinski definition) is 1. The minimum Gasteiger partial charge on any atom is -0.0623 e. The lowest BCUT2D eigenvalue weighted by Crippen LogP contribution is -2.29. The SMILES string of the molecule is CC1CCC(C(C)C)C([P+](=O)N=[N+]=[N-])C1. The molecule has 0 aliphatic heterocycles. The second kappa shape index (κ2) is 5.48. The van der Waals surface area contributed by atoms with E-state index in [-0.39, 0.29) is 5.66 Å². The molecule has 0 bridgehead atoms. The van der Waals surface area contributed by atoms with Crippen LogP contribution in [0.1, 0.15) is 40.0 Å². The third-order valence-corrected chi connectivity index (χ3v) is 4.82. The zero-order valence-corrected chi connectivity index (χ0v) is 10.5. The van der Waals surface area contributed by atoms with Crippen molar-refractivity contribution in [2.45, 2.75) is 45.7 Å². The van der Waals surface area contributed by atoms with Crippen LogP contribution in [0.4, 0.5) is 0 Å². The highest BCUT2D eigenvalue weighted by Gasteiger charge is 2.43. The summed E-state index contributed by atoms with van der Waals surface area (Å²) in [6.07, 6.45) is 3.27. The van der Waals surface area contributed by atoms with E-state index in [0.29, 0.717) is 17.8 Å². The molecule has 1 saturated carbocycles. The summed E-state index contributed by atoms with van der Waals surface area (Å²) >= 11 is 0. The van der Waals surface area contributed by atoms with Gasteiger partial charge in [-0.25, -0.2) is 0 Å². The molecular weight excluding hydrogens is 209 g/mol. The van der Waals surface area contributed by atoms with Gasteiger partial charge >= 0.3 is 7.95 Å². The van der Waals surface area contributed by atoms with Gasteiger partial charge in [0.2, 0.25) is 0 Å². The molecule has 0 aromatic rings. The van der Waals surface area contributed by atoms with Crippen molar-refractivity contribution in [3.63, 3.8) is 0 Å². The van der Waals surface area contributed by atoms with Gasteiger partial charge in [-0.05, 0) is 24.7 Å². The molecule has 5 heteroatoms. The van der Waals surface area contributed by atoms with E-state index in [1.165, 1.54) is 6.42 Å². The van der Waals surface area contributed by atoms with E-state index < -0.39 is 7.95 Å². The summed E-state index contributed by atoms with van der Waals surface area (Å²) in [5, 5.41) is 0. The van der Waals surface area contributed by atoms with Gasteiger partial charge in [0.25, 0.3) is 0 Å². The largest absolute Gasteiger partial charge is 0.464 e. The zero-order valence-electron chi connectivity index (χ0n) is 9.63. The predicted molar refractivity (Wildman–Crippen MR) is 61.9 cm³/mol. The third-order valence-electron chi connectivity index (χ3n) is 3.40. The van der Waals surface area contributed by atoms with Crippen LogP contribution in [0.5, 0.6) is 0 Å². The lowest BCUT2D eigenvalue weighted by atomic mass is 9.77. The van der Waals surface area contributed by atoms with Crippen molar-refractivity contribution in [3.8, 4) is 0 Å². The van der Waals surface area contributed by atoms with Gasteiger partial charge in [0.1, 0.15) is 0 Å². The highest BCUT2D eigenvalue weighted by Crippen LogP contribution is 2.47. The quantitative estimate of drug-likeness (QED) is 0.303. The summed E-state index contributed by atoms with van der Waals surface area (Å²) in [5.41, 5.74) is 8.43. The fourth-order valence-electron chi connectivity index (χ4n) is 2.51. The van der Waals surface area contributed by atoms with E-state index in [2.05, 4.69) is 30.6 Å². The molecule has 1 rings (SSSR count). The molecular formula is C10H19N3OP+. The summed E-state index contributed by atoms with van der Waals surface area (Å²) in [6.45, 7) is 6.50. The highest BCUT2D eigenvalue weighted by atomic mass is 31.1. The van der Waals surface area contributed by atoms with E-state index in [1.54, 1.807) is 0 Å². The Morgan fingerprint density at radius 2 is 2.13 bits per heavy atom. The first-order chi connectivity index (χ1) is 7.06. The van der Waals surface area contributed by atoms with E-state index in [9.17, 15) is 4.57 Å². The molecule has 0 N–H and O–H groups in total. The minimum atomic E-state index is -1.74. The Hall–Kier alpha value is -0.590. The monoisotopic (exact) mass is 228 g/mol. The number of rotatable bonds is 3. The summed E-state index contributed by atoms with van der Waals surface area (Å²) in [4.78, 5) is 6.08. The maximum Gasteiger partial charge on any atom is 0.464 e. The van der Waals surface area contributed by atoms with Crippen LogP contribution in [0.25, 0.3) is 10.4 Å². The molecule has 1 aliphatic rings. The first-order valence-electron chi connectivity index (χ1n) is 5.57. The Morgan fingerprint density at radius 1 is 1.47 bits per heavy atom. The number of hydrogen-bond donors (Lipinski definition) is 0. The standard InChI is InChI=1S/C10H19N3OP/c1-7(2)9-5-4-8(3)6-10(9)15(14)13-12-11/h7-10H,4-6H2,1-3H3/q+1. The molecule has 1 fully saturated rings. The van der Waals surface area contributed by atoms with Crippen molar-refractivity contribution in [2.24, 2.45) is 22.6 Å². The normalized spacial score (nSPS) is 32.3. The Bertz CT molecular complexity index is 286. The molecule has 0 aromatic carbocycles. The molecule has 0 heterocycles. The molecule has 0 radical (unpaired) electrons. The first kappa shape index (κ1) is 12.5. The van der Waals surface area contributed by atoms with Crippen LogP contribution in [0.2, 0.25) is 0 Å². The van der Waals surface area contributed by atoms with Crippen molar-refractivity contribution in [1.82, 2.24) is 0 Å². The topological polar surface area (TPSA) is 65.8 Å². The summed E-state index contributed by atoms with van der Waals surface area (Å²) in [5.74, 6) is 1.59. The molecule has 0 amide bonds. The van der Waals surface area contributed by atoms with Crippen LogP contribution in [0, 0.1) is 17.8 Å². The van der Waals surface area contributed by atoms with Crippen LogP contribution in [-0.2, 0) is 4.57 Å². The minimum absolute atomic E-state index is 0.0969. The summed E-state index contributed by atoms with van der Waals surface area (Å²) in [6, 6.07) is 0. The predicted octanol–water partition coefficient (Wildman–Crippen LogP) is 4.50. The second-order valence-electron chi connectivity index (χ2n) is 4.87. The average molecular weight is 228 g/mol. The summed E-state index contributed by atoms with van der Waals surface area (Å²) in [7, 11) is -1.74. The number of azide groups is 1. The molecule has 84 valence electrons. The molecule has 0 aromatic heterocycles. The third kappa shape index (κ3) is 3.19. The van der Waals surface area contributed by atoms with Gasteiger partial charge in [0, 0.05) is 16.4 Å². The Labute approximate surface area is 91.9 Å². The number of nitrogens with zero attached hydrogens (tertiary/aromatic N) is 3. The van der Waals surface area contributed by atoms with Crippen molar-refractivity contribution >= 4 is 7.95 Å². The molecule has 0 spiro atoms. The zero-order chi connectivity index (χ0) is 11.4. The molecule has 1 aliphatic carbocycles. The maximum atomic E-state index is 11.8. The van der Waals surface area contributed by atoms with E-state index in [1.807, 2.05) is 0 Å². The summed E-state index contributed by atoms with van der Waals surface area (Å²) < 4.78 is 11.8. The van der Waals surface area contributed by atoms with Crippen LogP contribution in [0.3, 0.4) is 0 Å². The van der Waals surface area contributed by atoms with E-state index in [0.717, 1.165) is 12.8 Å². The van der Waals surface area contributed by atoms with Gasteiger partial charge in [-0.1, -0.05) is 31.8 Å².